The molecule has 0 saturated carbocycles. The Kier molecular flexibility index (Phi) is 6.47. The summed E-state index contributed by atoms with van der Waals surface area (Å²) in [7, 11) is 0. The quantitative estimate of drug-likeness (QED) is 0.766. The van der Waals surface area contributed by atoms with Gasteiger partial charge in [-0.1, -0.05) is 0 Å². The molecule has 2 saturated heterocycles. The average molecular weight is 369 g/mol. The number of hydrogen-bond acceptors (Lipinski definition) is 6. The van der Waals surface area contributed by atoms with Crippen LogP contribution in [0.25, 0.3) is 0 Å². The summed E-state index contributed by atoms with van der Waals surface area (Å²) in [5.41, 5.74) is -0.882. The lowest BCUT2D eigenvalue weighted by molar-refractivity contribution is -0.259. The second kappa shape index (κ2) is 7.39. The predicted molar refractivity (Wildman–Crippen MR) is 102 cm³/mol. The van der Waals surface area contributed by atoms with Crippen LogP contribution >= 0.6 is 0 Å². The van der Waals surface area contributed by atoms with Crippen LogP contribution in [0.5, 0.6) is 0 Å². The van der Waals surface area contributed by atoms with E-state index >= 15 is 0 Å². The molecule has 0 spiro atoms. The number of hydroxylamine groups is 2. The Bertz CT molecular complexity index is 538. The Morgan fingerprint density at radius 3 is 1.46 bits per heavy atom. The molecule has 0 unspecified atom stereocenters. The van der Waals surface area contributed by atoms with Crippen LogP contribution in [0.1, 0.15) is 88.0 Å². The maximum atomic E-state index is 11.6. The monoisotopic (exact) mass is 368 g/mol. The maximum Gasteiger partial charge on any atom is 0.322 e. The van der Waals surface area contributed by atoms with Gasteiger partial charge in [-0.2, -0.15) is 0 Å². The van der Waals surface area contributed by atoms with Crippen molar-refractivity contribution >= 4 is 17.5 Å². The smallest absolute Gasteiger partial charge is 0.322 e. The van der Waals surface area contributed by atoms with Gasteiger partial charge < -0.3 is 10.2 Å². The fraction of sp³-hybridized carbons (Fsp3) is 0.850. The molecule has 26 heavy (non-hydrogen) atoms. The Hall–Kier alpha value is -1.27. The van der Waals surface area contributed by atoms with Crippen LogP contribution in [0.2, 0.25) is 0 Å². The van der Waals surface area contributed by atoms with Crippen LogP contribution in [0.3, 0.4) is 0 Å². The van der Waals surface area contributed by atoms with Crippen molar-refractivity contribution in [1.82, 2.24) is 10.4 Å². The number of nitrogens with one attached hydrogen (secondary N) is 1. The zero-order valence-corrected chi connectivity index (χ0v) is 17.9. The van der Waals surface area contributed by atoms with Gasteiger partial charge >= 0.3 is 5.97 Å². The van der Waals surface area contributed by atoms with E-state index in [4.69, 9.17) is 4.84 Å². The van der Waals surface area contributed by atoms with Crippen molar-refractivity contribution in [2.45, 2.75) is 110 Å². The van der Waals surface area contributed by atoms with Crippen molar-refractivity contribution in [1.29, 1.82) is 0 Å². The molecule has 0 radical (unpaired) electrons. The molecule has 2 aliphatic heterocycles. The fourth-order valence-electron chi connectivity index (χ4n) is 4.42. The zero-order chi connectivity index (χ0) is 20.6. The summed E-state index contributed by atoms with van der Waals surface area (Å²) in [5.74, 6) is 0.248. The van der Waals surface area contributed by atoms with Crippen LogP contribution in [-0.2, 0) is 19.2 Å². The Labute approximate surface area is 158 Å². The zero-order valence-electron chi connectivity index (χ0n) is 17.9. The molecule has 6 nitrogen and oxygen atoms in total. The first kappa shape index (κ1) is 22.8. The van der Waals surface area contributed by atoms with Gasteiger partial charge in [-0.25, -0.2) is 0 Å². The predicted octanol–water partition coefficient (Wildman–Crippen LogP) is 3.18. The number of carbonyl (C=O) groups is 3. The van der Waals surface area contributed by atoms with Crippen molar-refractivity contribution in [2.24, 2.45) is 0 Å². The first-order valence-electron chi connectivity index (χ1n) is 9.27. The van der Waals surface area contributed by atoms with Crippen LogP contribution in [0.4, 0.5) is 0 Å². The molecular weight excluding hydrogens is 332 g/mol. The van der Waals surface area contributed by atoms with Crippen LogP contribution in [-0.4, -0.2) is 44.8 Å². The lowest BCUT2D eigenvalue weighted by atomic mass is 9.81. The summed E-state index contributed by atoms with van der Waals surface area (Å²) in [6.45, 7) is 17.3. The summed E-state index contributed by atoms with van der Waals surface area (Å²) in [6, 6.07) is 0. The highest BCUT2D eigenvalue weighted by Gasteiger charge is 2.47. The summed E-state index contributed by atoms with van der Waals surface area (Å²) >= 11 is 0. The molecule has 0 atom stereocenters. The van der Waals surface area contributed by atoms with Gasteiger partial charge in [0.1, 0.15) is 11.6 Å². The number of hydrogen-bond donors (Lipinski definition) is 1. The van der Waals surface area contributed by atoms with Gasteiger partial charge in [0.25, 0.3) is 0 Å². The minimum Gasteiger partial charge on any atom is -0.367 e. The fourth-order valence-corrected chi connectivity index (χ4v) is 4.42. The van der Waals surface area contributed by atoms with Crippen LogP contribution in [0, 0.1) is 0 Å². The van der Waals surface area contributed by atoms with Gasteiger partial charge in [0, 0.05) is 43.7 Å². The summed E-state index contributed by atoms with van der Waals surface area (Å²) in [6.07, 6.45) is 2.17. The maximum absolute atomic E-state index is 11.6. The topological polar surface area (TPSA) is 75.7 Å². The molecule has 0 aromatic heterocycles. The second-order valence-electron chi connectivity index (χ2n) is 10.2. The molecule has 0 aromatic carbocycles. The minimum atomic E-state index is -0.426. The van der Waals surface area contributed by atoms with Gasteiger partial charge in [-0.3, -0.25) is 14.4 Å². The van der Waals surface area contributed by atoms with E-state index in [1.807, 2.05) is 27.7 Å². The third-order valence-electron chi connectivity index (χ3n) is 4.53. The third-order valence-corrected chi connectivity index (χ3v) is 4.53. The molecule has 0 aliphatic carbocycles. The Morgan fingerprint density at radius 1 is 0.808 bits per heavy atom. The van der Waals surface area contributed by atoms with E-state index in [0.717, 1.165) is 0 Å². The number of carbonyl (C=O) groups excluding carboxylic acids is 3. The van der Waals surface area contributed by atoms with E-state index in [1.165, 1.54) is 6.92 Å². The number of ketones is 2. The second-order valence-corrected chi connectivity index (χ2v) is 10.2. The highest BCUT2D eigenvalue weighted by atomic mass is 16.7. The molecule has 2 heterocycles. The van der Waals surface area contributed by atoms with Gasteiger partial charge in [0.2, 0.25) is 0 Å². The summed E-state index contributed by atoms with van der Waals surface area (Å²) in [5, 5.41) is 5.10. The third kappa shape index (κ3) is 6.47. The number of rotatable bonds is 1. The van der Waals surface area contributed by atoms with E-state index in [2.05, 4.69) is 33.0 Å². The standard InChI is InChI=1S/C11H19NO3.C9H17NO/c1-8(13)15-12-10(2,3)6-9(14)7-11(12,4)5;1-8(2)5-7(11)6-9(3,4)10-8/h6-7H2,1-5H3;10H,5-6H2,1-4H3. The van der Waals surface area contributed by atoms with E-state index in [0.29, 0.717) is 31.5 Å². The normalized spacial score (nSPS) is 26.5. The molecule has 6 heteroatoms. The van der Waals surface area contributed by atoms with Gasteiger partial charge in [0.05, 0.1) is 11.1 Å². The molecule has 1 N–H and O–H groups in total. The van der Waals surface area contributed by atoms with Crippen LogP contribution < -0.4 is 5.32 Å². The largest absolute Gasteiger partial charge is 0.367 e. The molecule has 2 rings (SSSR count). The van der Waals surface area contributed by atoms with Crippen molar-refractivity contribution in [3.63, 3.8) is 0 Å². The highest BCUT2D eigenvalue weighted by Crippen LogP contribution is 2.36. The van der Waals surface area contributed by atoms with Crippen molar-refractivity contribution in [2.75, 3.05) is 0 Å². The molecule has 2 fully saturated rings. The van der Waals surface area contributed by atoms with E-state index in [9.17, 15) is 14.4 Å². The summed E-state index contributed by atoms with van der Waals surface area (Å²) in [4.78, 5) is 39.0. The molecule has 0 amide bonds. The molecular formula is C20H36N2O4. The highest BCUT2D eigenvalue weighted by molar-refractivity contribution is 5.82. The number of nitrogens with zero attached hydrogens (tertiary/aromatic N) is 1. The number of piperidine rings is 2. The Morgan fingerprint density at radius 2 is 1.15 bits per heavy atom. The molecule has 150 valence electrons. The van der Waals surface area contributed by atoms with Crippen molar-refractivity contribution in [3.05, 3.63) is 0 Å². The van der Waals surface area contributed by atoms with E-state index in [1.54, 1.807) is 5.06 Å². The number of Topliss-reactive ketones (excluding diaryl/α,β-unsaturated/α-hetero) is 2. The molecule has 0 bridgehead atoms. The van der Waals surface area contributed by atoms with E-state index < -0.39 is 11.1 Å². The first-order chi connectivity index (χ1) is 11.5. The Balaban J connectivity index is 0.000000273. The first-order valence-corrected chi connectivity index (χ1v) is 9.27. The van der Waals surface area contributed by atoms with E-state index in [-0.39, 0.29) is 22.8 Å². The van der Waals surface area contributed by atoms with Gasteiger partial charge in [0.15, 0.2) is 0 Å². The van der Waals surface area contributed by atoms with Gasteiger partial charge in [-0.05, 0) is 55.4 Å². The van der Waals surface area contributed by atoms with Crippen molar-refractivity contribution in [3.8, 4) is 0 Å². The van der Waals surface area contributed by atoms with Crippen LogP contribution in [0.15, 0.2) is 0 Å². The van der Waals surface area contributed by atoms with Crippen molar-refractivity contribution < 1.29 is 19.2 Å². The molecule has 2 aliphatic rings. The lowest BCUT2D eigenvalue weighted by Gasteiger charge is -2.49. The summed E-state index contributed by atoms with van der Waals surface area (Å²) < 4.78 is 0. The lowest BCUT2D eigenvalue weighted by Crippen LogP contribution is -2.61. The molecule has 0 aromatic rings. The van der Waals surface area contributed by atoms with Gasteiger partial charge in [-0.15, -0.1) is 5.06 Å². The SMILES string of the molecule is CC(=O)ON1C(C)(C)CC(=O)CC1(C)C.CC1(C)CC(=O)CC(C)(C)N1. The average Bonchev–Trinajstić information content (AvgIpc) is 2.28. The minimum absolute atomic E-state index is 0.0150.